The maximum Gasteiger partial charge on any atom is 0.320 e. The van der Waals surface area contributed by atoms with Gasteiger partial charge in [-0.05, 0) is 31.2 Å². The molecule has 2 heterocycles. The summed E-state index contributed by atoms with van der Waals surface area (Å²) in [6, 6.07) is 3.33. The van der Waals surface area contributed by atoms with Gasteiger partial charge in [0.15, 0.2) is 0 Å². The Kier molecular flexibility index (Phi) is 3.02. The molecule has 1 aliphatic heterocycles. The van der Waals surface area contributed by atoms with Crippen molar-refractivity contribution in [3.8, 4) is 0 Å². The van der Waals surface area contributed by atoms with Crippen LogP contribution < -0.4 is 5.32 Å². The Balaban J connectivity index is 2.07. The third kappa shape index (κ3) is 2.35. The summed E-state index contributed by atoms with van der Waals surface area (Å²) in [6.07, 6.45) is 0.663. The van der Waals surface area contributed by atoms with Crippen molar-refractivity contribution < 1.29 is 14.3 Å². The molecule has 1 saturated heterocycles. The maximum absolute atomic E-state index is 10.8. The van der Waals surface area contributed by atoms with Crippen LogP contribution in [0.25, 0.3) is 0 Å². The molecule has 0 saturated carbocycles. The third-order valence-corrected chi connectivity index (χ3v) is 3.53. The summed E-state index contributed by atoms with van der Waals surface area (Å²) >= 11 is 1.68. The van der Waals surface area contributed by atoms with Crippen molar-refractivity contribution in [3.63, 3.8) is 0 Å². The van der Waals surface area contributed by atoms with Crippen molar-refractivity contribution in [1.82, 2.24) is 5.32 Å². The van der Waals surface area contributed by atoms with Gasteiger partial charge in [0, 0.05) is 0 Å². The Morgan fingerprint density at radius 1 is 1.67 bits per heavy atom. The van der Waals surface area contributed by atoms with Crippen LogP contribution in [0.4, 0.5) is 0 Å². The summed E-state index contributed by atoms with van der Waals surface area (Å²) in [6.45, 7) is 1.88. The predicted molar refractivity (Wildman–Crippen MR) is 57.8 cm³/mol. The number of aryl methyl sites for hydroxylation is 1. The number of hydrogen-bond donors (Lipinski definition) is 2. The molecule has 0 radical (unpaired) electrons. The molecule has 5 heteroatoms. The highest BCUT2D eigenvalue weighted by Gasteiger charge is 2.28. The standard InChI is InChI=1S/C10H13NO3S/c1-6-2-3-8(14-6)9-11-7(10(12)13)4-5-15-9/h2-3,7,9,11H,4-5H2,1H3,(H,12,13). The van der Waals surface area contributed by atoms with Gasteiger partial charge in [-0.2, -0.15) is 0 Å². The molecule has 1 aromatic rings. The van der Waals surface area contributed by atoms with E-state index in [4.69, 9.17) is 9.52 Å². The molecule has 0 aromatic carbocycles. The normalized spacial score (nSPS) is 26.5. The molecule has 0 spiro atoms. The van der Waals surface area contributed by atoms with Crippen molar-refractivity contribution in [3.05, 3.63) is 23.7 Å². The summed E-state index contributed by atoms with van der Waals surface area (Å²) in [5.74, 6) is 1.71. The molecule has 1 aromatic heterocycles. The number of aliphatic carboxylic acids is 1. The van der Waals surface area contributed by atoms with E-state index in [9.17, 15) is 4.79 Å². The zero-order chi connectivity index (χ0) is 10.8. The van der Waals surface area contributed by atoms with Crippen LogP contribution in [0.3, 0.4) is 0 Å². The lowest BCUT2D eigenvalue weighted by Crippen LogP contribution is -2.41. The van der Waals surface area contributed by atoms with Gasteiger partial charge in [0.05, 0.1) is 0 Å². The van der Waals surface area contributed by atoms with E-state index in [0.717, 1.165) is 17.3 Å². The van der Waals surface area contributed by atoms with Gasteiger partial charge in [0.2, 0.25) is 0 Å². The Bertz CT molecular complexity index is 363. The highest BCUT2D eigenvalue weighted by Crippen LogP contribution is 2.32. The Hall–Kier alpha value is -0.940. The van der Waals surface area contributed by atoms with Crippen molar-refractivity contribution >= 4 is 17.7 Å². The number of carbonyl (C=O) groups is 1. The van der Waals surface area contributed by atoms with E-state index in [1.807, 2.05) is 19.1 Å². The van der Waals surface area contributed by atoms with Crippen LogP contribution in [0, 0.1) is 6.92 Å². The predicted octanol–water partition coefficient (Wildman–Crippen LogP) is 1.77. The summed E-state index contributed by atoms with van der Waals surface area (Å²) in [5.41, 5.74) is 0. The van der Waals surface area contributed by atoms with Crippen LogP contribution in [-0.2, 0) is 4.79 Å². The fourth-order valence-corrected chi connectivity index (χ4v) is 2.73. The lowest BCUT2D eigenvalue weighted by Gasteiger charge is -2.26. The lowest BCUT2D eigenvalue weighted by atomic mass is 10.2. The molecule has 2 atom stereocenters. The largest absolute Gasteiger partial charge is 0.480 e. The molecule has 0 amide bonds. The Labute approximate surface area is 92.0 Å². The van der Waals surface area contributed by atoms with Gasteiger partial charge < -0.3 is 9.52 Å². The zero-order valence-corrected chi connectivity index (χ0v) is 9.21. The fraction of sp³-hybridized carbons (Fsp3) is 0.500. The van der Waals surface area contributed by atoms with E-state index in [0.29, 0.717) is 6.42 Å². The number of nitrogens with one attached hydrogen (secondary N) is 1. The summed E-state index contributed by atoms with van der Waals surface area (Å²) in [7, 11) is 0. The summed E-state index contributed by atoms with van der Waals surface area (Å²) in [4.78, 5) is 10.8. The second-order valence-corrected chi connectivity index (χ2v) is 4.76. The first-order valence-electron chi connectivity index (χ1n) is 4.83. The van der Waals surface area contributed by atoms with Crippen LogP contribution in [-0.4, -0.2) is 22.9 Å². The molecule has 2 unspecified atom stereocenters. The average molecular weight is 227 g/mol. The van der Waals surface area contributed by atoms with E-state index < -0.39 is 12.0 Å². The minimum absolute atomic E-state index is 0.0338. The first kappa shape index (κ1) is 10.6. The number of rotatable bonds is 2. The SMILES string of the molecule is Cc1ccc(C2NC(C(=O)O)CCS2)o1. The van der Waals surface area contributed by atoms with Gasteiger partial charge in [-0.25, -0.2) is 0 Å². The number of carboxylic acid groups (broad SMARTS) is 1. The summed E-state index contributed by atoms with van der Waals surface area (Å²) < 4.78 is 5.47. The van der Waals surface area contributed by atoms with Crippen molar-refractivity contribution in [2.24, 2.45) is 0 Å². The molecule has 2 rings (SSSR count). The summed E-state index contributed by atoms with van der Waals surface area (Å²) in [5, 5.41) is 11.9. The smallest absolute Gasteiger partial charge is 0.320 e. The van der Waals surface area contributed by atoms with Crippen LogP contribution >= 0.6 is 11.8 Å². The van der Waals surface area contributed by atoms with Gasteiger partial charge in [0.1, 0.15) is 22.9 Å². The quantitative estimate of drug-likeness (QED) is 0.806. The second kappa shape index (κ2) is 4.28. The molecular formula is C10H13NO3S. The van der Waals surface area contributed by atoms with E-state index in [2.05, 4.69) is 5.32 Å². The van der Waals surface area contributed by atoms with Crippen LogP contribution in [0.5, 0.6) is 0 Å². The Morgan fingerprint density at radius 2 is 2.47 bits per heavy atom. The zero-order valence-electron chi connectivity index (χ0n) is 8.40. The van der Waals surface area contributed by atoms with E-state index in [1.165, 1.54) is 0 Å². The van der Waals surface area contributed by atoms with Gasteiger partial charge in [-0.15, -0.1) is 11.8 Å². The van der Waals surface area contributed by atoms with Crippen molar-refractivity contribution in [2.45, 2.75) is 24.8 Å². The van der Waals surface area contributed by atoms with Crippen LogP contribution in [0.2, 0.25) is 0 Å². The van der Waals surface area contributed by atoms with Crippen LogP contribution in [0.15, 0.2) is 16.5 Å². The highest BCUT2D eigenvalue weighted by atomic mass is 32.2. The maximum atomic E-state index is 10.8. The molecule has 0 aliphatic carbocycles. The third-order valence-electron chi connectivity index (χ3n) is 2.36. The second-order valence-electron chi connectivity index (χ2n) is 3.55. The van der Waals surface area contributed by atoms with Crippen molar-refractivity contribution in [1.29, 1.82) is 0 Å². The molecule has 1 fully saturated rings. The minimum Gasteiger partial charge on any atom is -0.480 e. The molecule has 15 heavy (non-hydrogen) atoms. The fourth-order valence-electron chi connectivity index (χ4n) is 1.57. The van der Waals surface area contributed by atoms with E-state index >= 15 is 0 Å². The van der Waals surface area contributed by atoms with E-state index in [-0.39, 0.29) is 5.37 Å². The van der Waals surface area contributed by atoms with Crippen LogP contribution in [0.1, 0.15) is 23.3 Å². The highest BCUT2D eigenvalue weighted by molar-refractivity contribution is 7.99. The number of carboxylic acids is 1. The van der Waals surface area contributed by atoms with Gasteiger partial charge in [-0.1, -0.05) is 0 Å². The topological polar surface area (TPSA) is 62.5 Å². The number of furan rings is 1. The van der Waals surface area contributed by atoms with Gasteiger partial charge >= 0.3 is 5.97 Å². The molecule has 82 valence electrons. The lowest BCUT2D eigenvalue weighted by molar-refractivity contribution is -0.139. The minimum atomic E-state index is -0.788. The monoisotopic (exact) mass is 227 g/mol. The average Bonchev–Trinajstić information content (AvgIpc) is 2.65. The molecule has 2 N–H and O–H groups in total. The molecular weight excluding hydrogens is 214 g/mol. The van der Waals surface area contributed by atoms with Gasteiger partial charge in [0.25, 0.3) is 0 Å². The van der Waals surface area contributed by atoms with Crippen molar-refractivity contribution in [2.75, 3.05) is 5.75 Å². The van der Waals surface area contributed by atoms with Gasteiger partial charge in [-0.3, -0.25) is 10.1 Å². The first-order chi connectivity index (χ1) is 7.16. The van der Waals surface area contributed by atoms with E-state index in [1.54, 1.807) is 11.8 Å². The molecule has 0 bridgehead atoms. The Morgan fingerprint density at radius 3 is 3.07 bits per heavy atom. The number of hydrogen-bond acceptors (Lipinski definition) is 4. The molecule has 4 nitrogen and oxygen atoms in total. The number of thioether (sulfide) groups is 1. The first-order valence-corrected chi connectivity index (χ1v) is 5.88. The molecule has 1 aliphatic rings.